The van der Waals surface area contributed by atoms with E-state index in [1.54, 1.807) is 24.7 Å². The van der Waals surface area contributed by atoms with Crippen LogP contribution in [0.5, 0.6) is 5.75 Å². The first-order chi connectivity index (χ1) is 20.0. The summed E-state index contributed by atoms with van der Waals surface area (Å²) in [5, 5.41) is 1.02. The number of ether oxygens (including phenoxy) is 3. The summed E-state index contributed by atoms with van der Waals surface area (Å²) < 4.78 is 33.9. The van der Waals surface area contributed by atoms with E-state index in [2.05, 4.69) is 26.9 Å². The van der Waals surface area contributed by atoms with Crippen LogP contribution in [0.2, 0.25) is 10.0 Å². The SMILES string of the molecule is Fc1ccc(CN2CCN(c3ccc(OCC4COC(Cn5ccnc5)(c5ccc(Cl)cc5Cl)O4)cc3)CC2)cc1. The Labute approximate surface area is 249 Å². The van der Waals surface area contributed by atoms with E-state index in [1.807, 2.05) is 41.1 Å². The van der Waals surface area contributed by atoms with E-state index in [1.165, 1.54) is 12.1 Å². The van der Waals surface area contributed by atoms with E-state index in [0.29, 0.717) is 35.4 Å². The van der Waals surface area contributed by atoms with Gasteiger partial charge in [0.05, 0.1) is 24.5 Å². The van der Waals surface area contributed by atoms with Crippen LogP contribution in [0.3, 0.4) is 0 Å². The van der Waals surface area contributed by atoms with Gasteiger partial charge in [0.25, 0.3) is 0 Å². The molecule has 0 bridgehead atoms. The maximum Gasteiger partial charge on any atom is 0.215 e. The molecule has 7 nitrogen and oxygen atoms in total. The third kappa shape index (κ3) is 6.68. The third-order valence-corrected chi connectivity index (χ3v) is 8.03. The number of hydrogen-bond donors (Lipinski definition) is 0. The zero-order chi connectivity index (χ0) is 28.2. The van der Waals surface area contributed by atoms with Crippen molar-refractivity contribution in [1.82, 2.24) is 14.5 Å². The minimum absolute atomic E-state index is 0.198. The average molecular weight is 598 g/mol. The molecule has 10 heteroatoms. The van der Waals surface area contributed by atoms with Gasteiger partial charge in [-0.1, -0.05) is 41.4 Å². The third-order valence-electron chi connectivity index (χ3n) is 7.48. The monoisotopic (exact) mass is 596 g/mol. The fourth-order valence-electron chi connectivity index (χ4n) is 5.33. The predicted octanol–water partition coefficient (Wildman–Crippen LogP) is 6.00. The van der Waals surface area contributed by atoms with Crippen molar-refractivity contribution in [2.45, 2.75) is 25.0 Å². The highest BCUT2D eigenvalue weighted by Gasteiger charge is 2.45. The number of halogens is 3. The largest absolute Gasteiger partial charge is 0.491 e. The Morgan fingerprint density at radius 3 is 2.46 bits per heavy atom. The molecule has 0 saturated carbocycles. The lowest BCUT2D eigenvalue weighted by atomic mass is 10.1. The van der Waals surface area contributed by atoms with E-state index in [9.17, 15) is 4.39 Å². The Balaban J connectivity index is 1.03. The molecule has 2 atom stereocenters. The Morgan fingerprint density at radius 2 is 1.76 bits per heavy atom. The van der Waals surface area contributed by atoms with Gasteiger partial charge in [-0.25, -0.2) is 9.37 Å². The van der Waals surface area contributed by atoms with Crippen molar-refractivity contribution in [1.29, 1.82) is 0 Å². The molecule has 214 valence electrons. The molecule has 0 N–H and O–H groups in total. The van der Waals surface area contributed by atoms with E-state index in [-0.39, 0.29) is 11.9 Å². The first-order valence-electron chi connectivity index (χ1n) is 13.6. The number of piperazine rings is 1. The lowest BCUT2D eigenvalue weighted by molar-refractivity contribution is -0.189. The maximum absolute atomic E-state index is 13.2. The van der Waals surface area contributed by atoms with Crippen LogP contribution in [0, 0.1) is 5.82 Å². The number of anilines is 1. The first kappa shape index (κ1) is 28.0. The lowest BCUT2D eigenvalue weighted by Crippen LogP contribution is -2.45. The molecule has 0 aliphatic carbocycles. The number of hydrogen-bond acceptors (Lipinski definition) is 6. The molecule has 1 aromatic heterocycles. The summed E-state index contributed by atoms with van der Waals surface area (Å²) in [6, 6.07) is 20.2. The molecule has 2 fully saturated rings. The van der Waals surface area contributed by atoms with Crippen molar-refractivity contribution in [3.8, 4) is 5.75 Å². The van der Waals surface area contributed by atoms with Gasteiger partial charge in [0.15, 0.2) is 0 Å². The van der Waals surface area contributed by atoms with Crippen LogP contribution in [0.25, 0.3) is 0 Å². The van der Waals surface area contributed by atoms with Crippen LogP contribution < -0.4 is 9.64 Å². The van der Waals surface area contributed by atoms with Gasteiger partial charge >= 0.3 is 0 Å². The molecular weight excluding hydrogens is 566 g/mol. The average Bonchev–Trinajstić information content (AvgIpc) is 3.64. The topological polar surface area (TPSA) is 52.0 Å². The normalized spacial score (nSPS) is 21.3. The fourth-order valence-corrected chi connectivity index (χ4v) is 5.88. The maximum atomic E-state index is 13.2. The molecule has 0 amide bonds. The van der Waals surface area contributed by atoms with E-state index in [0.717, 1.165) is 49.7 Å². The highest BCUT2D eigenvalue weighted by Crippen LogP contribution is 2.40. The van der Waals surface area contributed by atoms with E-state index < -0.39 is 5.79 Å². The van der Waals surface area contributed by atoms with Gasteiger partial charge < -0.3 is 23.7 Å². The molecule has 41 heavy (non-hydrogen) atoms. The summed E-state index contributed by atoms with van der Waals surface area (Å²) >= 11 is 12.7. The van der Waals surface area contributed by atoms with Crippen molar-refractivity contribution in [3.63, 3.8) is 0 Å². The molecule has 3 aromatic carbocycles. The molecule has 0 spiro atoms. The van der Waals surface area contributed by atoms with Crippen LogP contribution in [-0.4, -0.2) is 59.9 Å². The smallest absolute Gasteiger partial charge is 0.215 e. The number of nitrogens with zero attached hydrogens (tertiary/aromatic N) is 4. The zero-order valence-corrected chi connectivity index (χ0v) is 24.0. The van der Waals surface area contributed by atoms with Gasteiger partial charge in [-0.05, 0) is 54.1 Å². The highest BCUT2D eigenvalue weighted by atomic mass is 35.5. The van der Waals surface area contributed by atoms with E-state index >= 15 is 0 Å². The quantitative estimate of drug-likeness (QED) is 0.236. The van der Waals surface area contributed by atoms with Crippen LogP contribution in [-0.2, 0) is 28.4 Å². The van der Waals surface area contributed by atoms with Crippen molar-refractivity contribution >= 4 is 28.9 Å². The summed E-state index contributed by atoms with van der Waals surface area (Å²) in [7, 11) is 0. The molecule has 3 heterocycles. The number of aromatic nitrogens is 2. The zero-order valence-electron chi connectivity index (χ0n) is 22.5. The van der Waals surface area contributed by atoms with Crippen LogP contribution in [0.15, 0.2) is 85.5 Å². The Kier molecular flexibility index (Phi) is 8.46. The minimum atomic E-state index is -1.08. The molecule has 6 rings (SSSR count). The van der Waals surface area contributed by atoms with Gasteiger partial charge in [0, 0.05) is 61.4 Å². The summed E-state index contributed by atoms with van der Waals surface area (Å²) in [5.74, 6) is -0.514. The molecule has 2 aliphatic heterocycles. The lowest BCUT2D eigenvalue weighted by Gasteiger charge is -2.36. The standard InChI is InChI=1S/C31H31Cl2FN4O3/c32-24-3-10-29(30(33)17-24)31(21-37-12-11-35-22-37)40-20-28(41-31)19-39-27-8-6-26(7-9-27)38-15-13-36(14-16-38)18-23-1-4-25(34)5-2-23/h1-12,17,22,28H,13-16,18-21H2. The van der Waals surface area contributed by atoms with Gasteiger partial charge in [-0.2, -0.15) is 0 Å². The summed E-state index contributed by atoms with van der Waals surface area (Å²) in [5.41, 5.74) is 3.01. The molecule has 2 saturated heterocycles. The molecule has 0 radical (unpaired) electrons. The van der Waals surface area contributed by atoms with Crippen molar-refractivity contribution < 1.29 is 18.6 Å². The van der Waals surface area contributed by atoms with Crippen LogP contribution in [0.1, 0.15) is 11.1 Å². The van der Waals surface area contributed by atoms with Crippen molar-refractivity contribution in [2.75, 3.05) is 44.3 Å². The minimum Gasteiger partial charge on any atom is -0.491 e. The second-order valence-corrected chi connectivity index (χ2v) is 11.2. The Hall–Kier alpha value is -3.14. The first-order valence-corrected chi connectivity index (χ1v) is 14.4. The van der Waals surface area contributed by atoms with Crippen LogP contribution in [0.4, 0.5) is 10.1 Å². The Morgan fingerprint density at radius 1 is 0.976 bits per heavy atom. The van der Waals surface area contributed by atoms with Crippen LogP contribution >= 0.6 is 23.2 Å². The second kappa shape index (κ2) is 12.4. The Bertz CT molecular complexity index is 1430. The molecule has 2 aliphatic rings. The number of rotatable bonds is 9. The van der Waals surface area contributed by atoms with Gasteiger partial charge in [-0.3, -0.25) is 4.90 Å². The van der Waals surface area contributed by atoms with Gasteiger partial charge in [0.1, 0.15) is 24.3 Å². The van der Waals surface area contributed by atoms with Gasteiger partial charge in [0.2, 0.25) is 5.79 Å². The van der Waals surface area contributed by atoms with Crippen molar-refractivity contribution in [3.05, 3.63) is 112 Å². The summed E-state index contributed by atoms with van der Waals surface area (Å²) in [4.78, 5) is 8.91. The highest BCUT2D eigenvalue weighted by molar-refractivity contribution is 6.35. The molecular formula is C31H31Cl2FN4O3. The molecule has 4 aromatic rings. The summed E-state index contributed by atoms with van der Waals surface area (Å²) in [6.07, 6.45) is 4.99. The number of benzene rings is 3. The molecule has 2 unspecified atom stereocenters. The fraction of sp³-hybridized carbons (Fsp3) is 0.323. The van der Waals surface area contributed by atoms with Crippen molar-refractivity contribution in [2.24, 2.45) is 0 Å². The second-order valence-electron chi connectivity index (χ2n) is 10.4. The predicted molar refractivity (Wildman–Crippen MR) is 157 cm³/mol. The number of imidazole rings is 1. The summed E-state index contributed by atoms with van der Waals surface area (Å²) in [6.45, 7) is 5.67. The van der Waals surface area contributed by atoms with E-state index in [4.69, 9.17) is 37.4 Å². The van der Waals surface area contributed by atoms with Gasteiger partial charge in [-0.15, -0.1) is 0 Å².